The van der Waals surface area contributed by atoms with Crippen LogP contribution in [0.5, 0.6) is 5.75 Å². The third-order valence-corrected chi connectivity index (χ3v) is 7.54. The Labute approximate surface area is 237 Å². The summed E-state index contributed by atoms with van der Waals surface area (Å²) in [6.07, 6.45) is 3.75. The molecule has 10 nitrogen and oxygen atoms in total. The van der Waals surface area contributed by atoms with Gasteiger partial charge in [0.05, 0.1) is 16.9 Å². The van der Waals surface area contributed by atoms with E-state index in [0.29, 0.717) is 39.6 Å². The maximum Gasteiger partial charge on any atom is 0.439 e. The predicted octanol–water partition coefficient (Wildman–Crippen LogP) is 6.29. The van der Waals surface area contributed by atoms with E-state index in [2.05, 4.69) is 30.9 Å². The van der Waals surface area contributed by atoms with Crippen LogP contribution in [-0.2, 0) is 0 Å². The molecule has 6 aromatic rings. The molecule has 0 radical (unpaired) electrons. The molecule has 1 fully saturated rings. The van der Waals surface area contributed by atoms with E-state index < -0.39 is 11.9 Å². The molecule has 0 bridgehead atoms. The summed E-state index contributed by atoms with van der Waals surface area (Å²) in [6, 6.07) is 13.3. The van der Waals surface area contributed by atoms with Gasteiger partial charge >= 0.3 is 5.76 Å². The second kappa shape index (κ2) is 9.45. The van der Waals surface area contributed by atoms with E-state index in [0.717, 1.165) is 34.9 Å². The third kappa shape index (κ3) is 4.50. The zero-order chi connectivity index (χ0) is 28.4. The fraction of sp³-hybridized carbons (Fsp3) is 0.233. The van der Waals surface area contributed by atoms with Crippen LogP contribution in [0, 0.1) is 13.8 Å². The van der Waals surface area contributed by atoms with Crippen LogP contribution in [0.25, 0.3) is 44.7 Å². The fourth-order valence-corrected chi connectivity index (χ4v) is 5.28. The van der Waals surface area contributed by atoms with Gasteiger partial charge in [-0.15, -0.1) is 0 Å². The van der Waals surface area contributed by atoms with Crippen molar-refractivity contribution in [2.45, 2.75) is 45.8 Å². The average Bonchev–Trinajstić information content (AvgIpc) is 3.58. The van der Waals surface area contributed by atoms with Gasteiger partial charge in [-0.3, -0.25) is 19.0 Å². The maximum absolute atomic E-state index is 13.7. The van der Waals surface area contributed by atoms with E-state index in [4.69, 9.17) is 20.8 Å². The molecule has 11 heteroatoms. The van der Waals surface area contributed by atoms with Crippen molar-refractivity contribution in [3.8, 4) is 28.6 Å². The van der Waals surface area contributed by atoms with Crippen LogP contribution in [-0.4, -0.2) is 24.9 Å². The topological polar surface area (TPSA) is 129 Å². The Bertz CT molecular complexity index is 2100. The number of H-pyrrole nitrogens is 1. The predicted molar refractivity (Wildman–Crippen MR) is 153 cm³/mol. The van der Waals surface area contributed by atoms with Crippen molar-refractivity contribution in [2.24, 2.45) is 0 Å². The normalized spacial score (nSPS) is 14.1. The second-order valence-corrected chi connectivity index (χ2v) is 10.8. The molecule has 4 heterocycles. The van der Waals surface area contributed by atoms with Gasteiger partial charge in [-0.25, -0.2) is 9.78 Å². The Morgan fingerprint density at radius 3 is 2.71 bits per heavy atom. The molecular weight excluding hydrogens is 546 g/mol. The lowest BCUT2D eigenvalue weighted by Gasteiger charge is -2.19. The molecule has 1 atom stereocenters. The number of nitrogens with one attached hydrogen (secondary N) is 1. The summed E-state index contributed by atoms with van der Waals surface area (Å²) in [7, 11) is 0. The third-order valence-electron chi connectivity index (χ3n) is 7.33. The Balaban J connectivity index is 1.33. The number of rotatable bonds is 6. The lowest BCUT2D eigenvalue weighted by molar-refractivity contribution is 0.227. The molecule has 1 N–H and O–H groups in total. The minimum atomic E-state index is -0.729. The van der Waals surface area contributed by atoms with Crippen LogP contribution in [0.15, 0.2) is 67.2 Å². The van der Waals surface area contributed by atoms with Crippen molar-refractivity contribution in [2.75, 3.05) is 0 Å². The zero-order valence-corrected chi connectivity index (χ0v) is 23.2. The number of aryl methyl sites for hydroxylation is 1. The van der Waals surface area contributed by atoms with Crippen molar-refractivity contribution in [3.63, 3.8) is 0 Å². The number of hydrogen-bond acceptors (Lipinski definition) is 8. The van der Waals surface area contributed by atoms with Crippen LogP contribution < -0.4 is 15.9 Å². The Kier molecular flexibility index (Phi) is 5.83. The smallest absolute Gasteiger partial charge is 0.439 e. The number of pyridine rings is 1. The van der Waals surface area contributed by atoms with Crippen molar-refractivity contribution >= 4 is 33.5 Å². The molecule has 7 rings (SSSR count). The molecule has 0 saturated heterocycles. The summed E-state index contributed by atoms with van der Waals surface area (Å²) in [4.78, 5) is 32.0. The number of ether oxygens (including phenoxy) is 1. The number of hydrogen-bond donors (Lipinski definition) is 1. The highest BCUT2D eigenvalue weighted by Gasteiger charge is 2.25. The molecule has 1 aliphatic carbocycles. The largest absolute Gasteiger partial charge is 0.483 e. The van der Waals surface area contributed by atoms with Gasteiger partial charge in [0.25, 0.3) is 0 Å². The number of aromatic amines is 1. The molecular formula is C30H24ClN5O5. The van der Waals surface area contributed by atoms with Crippen LogP contribution in [0.4, 0.5) is 0 Å². The minimum Gasteiger partial charge on any atom is -0.483 e. The minimum absolute atomic E-state index is 0.0821. The molecule has 0 amide bonds. The molecule has 0 unspecified atom stereocenters. The first-order valence-electron chi connectivity index (χ1n) is 13.2. The monoisotopic (exact) mass is 569 g/mol. The average molecular weight is 570 g/mol. The van der Waals surface area contributed by atoms with Crippen molar-refractivity contribution in [1.29, 1.82) is 0 Å². The van der Waals surface area contributed by atoms with E-state index in [1.165, 1.54) is 0 Å². The van der Waals surface area contributed by atoms with E-state index in [-0.39, 0.29) is 22.1 Å². The quantitative estimate of drug-likeness (QED) is 0.232. The molecule has 1 saturated carbocycles. The van der Waals surface area contributed by atoms with Gasteiger partial charge < -0.3 is 9.15 Å². The summed E-state index contributed by atoms with van der Waals surface area (Å²) in [5.41, 5.74) is 4.31. The second-order valence-electron chi connectivity index (χ2n) is 10.4. The molecule has 4 aromatic heterocycles. The highest BCUT2D eigenvalue weighted by atomic mass is 35.5. The van der Waals surface area contributed by atoms with Gasteiger partial charge in [0.1, 0.15) is 28.3 Å². The summed E-state index contributed by atoms with van der Waals surface area (Å²) >= 11 is 6.12. The first-order valence-corrected chi connectivity index (χ1v) is 13.6. The number of fused-ring (bicyclic) bond motifs is 2. The number of nitrogens with zero attached hydrogens (tertiary/aromatic N) is 4. The lowest BCUT2D eigenvalue weighted by Crippen LogP contribution is -2.12. The van der Waals surface area contributed by atoms with Crippen LogP contribution in [0.2, 0.25) is 5.15 Å². The van der Waals surface area contributed by atoms with E-state index in [1.54, 1.807) is 19.1 Å². The standard InChI is InChI=1S/C30H24ClN5O5/c1-14-10-20(16(3)39-23-8-9-24(31)32-25(23)29-33-30(38)41-35-29)28-21(11-14)26(37)15(2)27(40-28)17-4-7-22-18(12-17)13-36(34-22)19-5-6-19/h4,7-13,16,19H,5-6H2,1-3H3,(H,33,35,38)/t16-/m1/s1. The molecule has 2 aromatic carbocycles. The molecule has 1 aliphatic rings. The van der Waals surface area contributed by atoms with Crippen molar-refractivity contribution in [3.05, 3.63) is 91.3 Å². The van der Waals surface area contributed by atoms with E-state index in [9.17, 15) is 9.59 Å². The maximum atomic E-state index is 13.7. The molecule has 0 spiro atoms. The number of halogens is 1. The SMILES string of the molecule is Cc1cc([C@@H](C)Oc2ccc(Cl)nc2-c2noc(=O)[nH]2)c2oc(-c3ccc4nn(C5CC5)cc4c3)c(C)c(=O)c2c1. The summed E-state index contributed by atoms with van der Waals surface area (Å²) in [5, 5.41) is 10.1. The van der Waals surface area contributed by atoms with Crippen LogP contribution >= 0.6 is 11.6 Å². The summed E-state index contributed by atoms with van der Waals surface area (Å²) < 4.78 is 19.5. The van der Waals surface area contributed by atoms with Gasteiger partial charge in [-0.1, -0.05) is 16.8 Å². The van der Waals surface area contributed by atoms with Gasteiger partial charge in [0, 0.05) is 28.3 Å². The summed E-state index contributed by atoms with van der Waals surface area (Å²) in [5.74, 6) is 0.163. The zero-order valence-electron chi connectivity index (χ0n) is 22.4. The summed E-state index contributed by atoms with van der Waals surface area (Å²) in [6.45, 7) is 5.54. The van der Waals surface area contributed by atoms with Gasteiger partial charge in [-0.05, 0) is 81.6 Å². The van der Waals surface area contributed by atoms with E-state index >= 15 is 0 Å². The van der Waals surface area contributed by atoms with Gasteiger partial charge in [0.2, 0.25) is 5.82 Å². The van der Waals surface area contributed by atoms with Gasteiger partial charge in [-0.2, -0.15) is 5.10 Å². The highest BCUT2D eigenvalue weighted by molar-refractivity contribution is 6.29. The lowest BCUT2D eigenvalue weighted by atomic mass is 9.99. The van der Waals surface area contributed by atoms with Crippen molar-refractivity contribution < 1.29 is 13.7 Å². The fourth-order valence-electron chi connectivity index (χ4n) is 5.13. The first kappa shape index (κ1) is 25.3. The van der Waals surface area contributed by atoms with Crippen LogP contribution in [0.3, 0.4) is 0 Å². The molecule has 206 valence electrons. The molecule has 0 aliphatic heterocycles. The number of benzene rings is 2. The number of aromatic nitrogens is 5. The van der Waals surface area contributed by atoms with Crippen molar-refractivity contribution in [1.82, 2.24) is 24.9 Å². The molecule has 41 heavy (non-hydrogen) atoms. The Hall–Kier alpha value is -4.70. The first-order chi connectivity index (χ1) is 19.7. The van der Waals surface area contributed by atoms with Gasteiger partial charge in [0.15, 0.2) is 11.1 Å². The Morgan fingerprint density at radius 2 is 1.95 bits per heavy atom. The Morgan fingerprint density at radius 1 is 1.12 bits per heavy atom. The van der Waals surface area contributed by atoms with Crippen LogP contribution in [0.1, 0.15) is 48.6 Å². The highest BCUT2D eigenvalue weighted by Crippen LogP contribution is 2.37. The van der Waals surface area contributed by atoms with E-state index in [1.807, 2.05) is 48.9 Å².